The number of cyclic esters (lactones) is 1. The molecule has 170 valence electrons. The van der Waals surface area contributed by atoms with Crippen LogP contribution in [0.15, 0.2) is 30.3 Å². The van der Waals surface area contributed by atoms with Crippen molar-refractivity contribution in [2.75, 3.05) is 22.1 Å². The van der Waals surface area contributed by atoms with Gasteiger partial charge in [0, 0.05) is 11.1 Å². The number of fused-ring (bicyclic) bond motifs is 1. The average Bonchev–Trinajstić information content (AvgIpc) is 3.32. The highest BCUT2D eigenvalue weighted by Gasteiger charge is 2.43. The van der Waals surface area contributed by atoms with Crippen molar-refractivity contribution in [3.05, 3.63) is 30.3 Å². The first-order valence-electron chi connectivity index (χ1n) is 10.5. The molecule has 32 heavy (non-hydrogen) atoms. The Morgan fingerprint density at radius 3 is 2.50 bits per heavy atom. The molecule has 1 aliphatic heterocycles. The summed E-state index contributed by atoms with van der Waals surface area (Å²) in [5, 5.41) is 6.84. The van der Waals surface area contributed by atoms with Gasteiger partial charge in [-0.1, -0.05) is 6.07 Å². The Morgan fingerprint density at radius 1 is 1.19 bits per heavy atom. The third-order valence-corrected chi connectivity index (χ3v) is 5.25. The summed E-state index contributed by atoms with van der Waals surface area (Å²) in [6.45, 7) is 7.41. The lowest BCUT2D eigenvalue weighted by Gasteiger charge is -2.22. The maximum absolute atomic E-state index is 13.2. The molecule has 2 N–H and O–H groups in total. The fraction of sp³-hybridized carbons (Fsp3) is 0.435. The van der Waals surface area contributed by atoms with E-state index in [2.05, 4.69) is 10.6 Å². The molecule has 0 bridgehead atoms. The van der Waals surface area contributed by atoms with Crippen LogP contribution in [0.3, 0.4) is 0 Å². The Labute approximate surface area is 185 Å². The largest absolute Gasteiger partial charge is 0.447 e. The Hall–Kier alpha value is -3.36. The van der Waals surface area contributed by atoms with Crippen molar-refractivity contribution < 1.29 is 28.2 Å². The third-order valence-electron chi connectivity index (χ3n) is 5.25. The number of ether oxygens (including phenoxy) is 2. The monoisotopic (exact) mass is 443 g/mol. The van der Waals surface area contributed by atoms with Crippen molar-refractivity contribution in [3.63, 3.8) is 0 Å². The molecule has 2 aromatic rings. The number of hydrogen-bond acceptors (Lipinski definition) is 5. The van der Waals surface area contributed by atoms with Crippen LogP contribution in [0, 0.1) is 5.92 Å². The van der Waals surface area contributed by atoms with Gasteiger partial charge in [-0.2, -0.15) is 0 Å². The molecule has 2 aliphatic rings. The number of amides is 3. The number of nitrogens with zero attached hydrogens (tertiary/aromatic N) is 1. The average molecular weight is 443 g/mol. The highest BCUT2D eigenvalue weighted by atomic mass is 19.1. The topological polar surface area (TPSA) is 97.0 Å². The zero-order valence-electron chi connectivity index (χ0n) is 18.4. The van der Waals surface area contributed by atoms with E-state index in [1.165, 1.54) is 4.90 Å². The molecular weight excluding hydrogens is 417 g/mol. The fourth-order valence-corrected chi connectivity index (χ4v) is 3.63. The van der Waals surface area contributed by atoms with Gasteiger partial charge in [-0.3, -0.25) is 15.0 Å². The molecule has 1 unspecified atom stereocenters. The second-order valence-electron chi connectivity index (χ2n) is 9.20. The van der Waals surface area contributed by atoms with E-state index in [1.54, 1.807) is 51.1 Å². The second kappa shape index (κ2) is 7.96. The summed E-state index contributed by atoms with van der Waals surface area (Å²) in [4.78, 5) is 38.3. The molecule has 8 nitrogen and oxygen atoms in total. The van der Waals surface area contributed by atoms with Crippen LogP contribution in [0.4, 0.5) is 31.0 Å². The van der Waals surface area contributed by atoms with Crippen LogP contribution in [-0.4, -0.2) is 42.5 Å². The van der Waals surface area contributed by atoms with Crippen LogP contribution < -0.4 is 15.5 Å². The Kier molecular flexibility index (Phi) is 5.44. The molecular formula is C23H26FN3O5. The number of halogens is 1. The first kappa shape index (κ1) is 21.9. The van der Waals surface area contributed by atoms with Crippen LogP contribution in [0.5, 0.6) is 0 Å². The highest BCUT2D eigenvalue weighted by Crippen LogP contribution is 2.37. The SMILES string of the molecule is CC1COC(=O)N1c1cc(NC(=O)OC(C)(C)C)c2ccc(NC(=O)[C@@H]3C[C@@H]3F)cc2c1. The molecule has 3 amide bonds. The number of hydrogen-bond donors (Lipinski definition) is 2. The molecule has 1 saturated carbocycles. The van der Waals surface area contributed by atoms with Crippen molar-refractivity contribution in [1.82, 2.24) is 0 Å². The molecule has 0 aromatic heterocycles. The molecule has 0 radical (unpaired) electrons. The lowest BCUT2D eigenvalue weighted by Crippen LogP contribution is -2.31. The Morgan fingerprint density at radius 2 is 1.91 bits per heavy atom. The minimum atomic E-state index is -1.09. The van der Waals surface area contributed by atoms with E-state index in [0.29, 0.717) is 27.8 Å². The molecule has 1 heterocycles. The van der Waals surface area contributed by atoms with Crippen molar-refractivity contribution in [1.29, 1.82) is 0 Å². The van der Waals surface area contributed by atoms with Gasteiger partial charge < -0.3 is 14.8 Å². The van der Waals surface area contributed by atoms with E-state index in [0.717, 1.165) is 0 Å². The van der Waals surface area contributed by atoms with E-state index >= 15 is 0 Å². The van der Waals surface area contributed by atoms with E-state index < -0.39 is 29.9 Å². The lowest BCUT2D eigenvalue weighted by molar-refractivity contribution is -0.117. The van der Waals surface area contributed by atoms with Crippen molar-refractivity contribution in [2.24, 2.45) is 5.92 Å². The summed E-state index contributed by atoms with van der Waals surface area (Å²) in [6.07, 6.45) is -1.96. The molecule has 3 atom stereocenters. The quantitative estimate of drug-likeness (QED) is 0.706. The first-order valence-corrected chi connectivity index (χ1v) is 10.5. The number of rotatable bonds is 4. The van der Waals surface area contributed by atoms with Gasteiger partial charge in [-0.15, -0.1) is 0 Å². The van der Waals surface area contributed by atoms with E-state index in [-0.39, 0.29) is 25.0 Å². The van der Waals surface area contributed by atoms with Gasteiger partial charge in [0.05, 0.1) is 23.3 Å². The van der Waals surface area contributed by atoms with Crippen LogP contribution in [0.25, 0.3) is 10.8 Å². The van der Waals surface area contributed by atoms with Gasteiger partial charge in [0.1, 0.15) is 18.4 Å². The van der Waals surface area contributed by atoms with Gasteiger partial charge in [-0.05, 0) is 63.8 Å². The predicted molar refractivity (Wildman–Crippen MR) is 119 cm³/mol. The maximum Gasteiger partial charge on any atom is 0.414 e. The molecule has 1 aliphatic carbocycles. The summed E-state index contributed by atoms with van der Waals surface area (Å²) in [5.74, 6) is -0.974. The van der Waals surface area contributed by atoms with Gasteiger partial charge >= 0.3 is 12.2 Å². The van der Waals surface area contributed by atoms with E-state index in [4.69, 9.17) is 9.47 Å². The molecule has 2 aromatic carbocycles. The zero-order chi connectivity index (χ0) is 23.2. The Balaban J connectivity index is 1.71. The molecule has 0 spiro atoms. The number of carbonyl (C=O) groups is 3. The van der Waals surface area contributed by atoms with E-state index in [1.807, 2.05) is 6.92 Å². The first-order chi connectivity index (χ1) is 15.0. The van der Waals surface area contributed by atoms with Crippen molar-refractivity contribution >= 4 is 45.9 Å². The summed E-state index contributed by atoms with van der Waals surface area (Å²) >= 11 is 0. The summed E-state index contributed by atoms with van der Waals surface area (Å²) in [7, 11) is 0. The minimum absolute atomic E-state index is 0.187. The number of carbonyl (C=O) groups excluding carboxylic acids is 3. The summed E-state index contributed by atoms with van der Waals surface area (Å²) in [6, 6.07) is 8.43. The van der Waals surface area contributed by atoms with Crippen molar-refractivity contribution in [2.45, 2.75) is 51.9 Å². The van der Waals surface area contributed by atoms with Crippen LogP contribution in [0.1, 0.15) is 34.1 Å². The Bertz CT molecular complexity index is 1100. The number of nitrogens with one attached hydrogen (secondary N) is 2. The smallest absolute Gasteiger partial charge is 0.414 e. The van der Waals surface area contributed by atoms with Crippen LogP contribution >= 0.6 is 0 Å². The molecule has 9 heteroatoms. The van der Waals surface area contributed by atoms with Crippen LogP contribution in [0.2, 0.25) is 0 Å². The lowest BCUT2D eigenvalue weighted by atomic mass is 10.1. The molecule has 1 saturated heterocycles. The molecule has 2 fully saturated rings. The standard InChI is InChI=1S/C23H26FN3O5/c1-12-11-31-22(30)27(12)15-8-13-7-14(25-20(28)17-10-18(17)24)5-6-16(13)19(9-15)26-21(29)32-23(2,3)4/h5-9,12,17-18H,10-11H2,1-4H3,(H,25,28)(H,26,29)/t12?,17-,18+/m1/s1. The summed E-state index contributed by atoms with van der Waals surface area (Å²) < 4.78 is 23.7. The van der Waals surface area contributed by atoms with Gasteiger partial charge in [0.2, 0.25) is 5.91 Å². The van der Waals surface area contributed by atoms with E-state index in [9.17, 15) is 18.8 Å². The number of alkyl halides is 1. The zero-order valence-corrected chi connectivity index (χ0v) is 18.4. The van der Waals surface area contributed by atoms with Gasteiger partial charge in [0.25, 0.3) is 0 Å². The van der Waals surface area contributed by atoms with Crippen molar-refractivity contribution in [3.8, 4) is 0 Å². The normalized spacial score (nSPS) is 22.5. The maximum atomic E-state index is 13.2. The van der Waals surface area contributed by atoms with Gasteiger partial charge in [0.15, 0.2) is 0 Å². The fourth-order valence-electron chi connectivity index (χ4n) is 3.63. The minimum Gasteiger partial charge on any atom is -0.447 e. The highest BCUT2D eigenvalue weighted by molar-refractivity contribution is 6.06. The number of anilines is 3. The second-order valence-corrected chi connectivity index (χ2v) is 9.20. The predicted octanol–water partition coefficient (Wildman–Crippen LogP) is 4.83. The summed E-state index contributed by atoms with van der Waals surface area (Å²) in [5.41, 5.74) is 0.800. The number of benzene rings is 2. The van der Waals surface area contributed by atoms with Gasteiger partial charge in [-0.25, -0.2) is 14.0 Å². The third kappa shape index (κ3) is 4.61. The molecule has 4 rings (SSSR count). The van der Waals surface area contributed by atoms with Crippen LogP contribution in [-0.2, 0) is 14.3 Å².